The van der Waals surface area contributed by atoms with Gasteiger partial charge in [-0.05, 0) is 39.4 Å². The first-order chi connectivity index (χ1) is 6.29. The van der Waals surface area contributed by atoms with E-state index in [0.717, 1.165) is 19.0 Å². The van der Waals surface area contributed by atoms with Crippen LogP contribution in [0.2, 0.25) is 0 Å². The van der Waals surface area contributed by atoms with Crippen molar-refractivity contribution >= 4 is 0 Å². The molecular weight excluding hydrogens is 160 g/mol. The molecule has 0 atom stereocenters. The molecule has 0 aromatic rings. The van der Waals surface area contributed by atoms with E-state index in [-0.39, 0.29) is 0 Å². The Labute approximate surface area is 82.7 Å². The van der Waals surface area contributed by atoms with Crippen LogP contribution < -0.4 is 5.32 Å². The van der Waals surface area contributed by atoms with Gasteiger partial charge in [-0.15, -0.1) is 0 Å². The third-order valence-corrected chi connectivity index (χ3v) is 2.89. The van der Waals surface area contributed by atoms with Crippen molar-refractivity contribution in [2.75, 3.05) is 33.7 Å². The zero-order valence-electron chi connectivity index (χ0n) is 9.18. The summed E-state index contributed by atoms with van der Waals surface area (Å²) in [7, 11) is 4.25. The molecule has 0 amide bonds. The molecule has 1 N–H and O–H groups in total. The Bertz CT molecular complexity index is 117. The lowest BCUT2D eigenvalue weighted by molar-refractivity contribution is 0.330. The van der Waals surface area contributed by atoms with Crippen molar-refractivity contribution in [2.45, 2.75) is 32.1 Å². The fraction of sp³-hybridized carbons (Fsp3) is 1.00. The topological polar surface area (TPSA) is 15.3 Å². The molecule has 0 unspecified atom stereocenters. The lowest BCUT2D eigenvalue weighted by atomic mass is 9.89. The van der Waals surface area contributed by atoms with Gasteiger partial charge in [-0.3, -0.25) is 0 Å². The largest absolute Gasteiger partial charge is 0.315 e. The lowest BCUT2D eigenvalue weighted by Gasteiger charge is -2.22. The van der Waals surface area contributed by atoms with Gasteiger partial charge in [-0.2, -0.15) is 0 Å². The van der Waals surface area contributed by atoms with Crippen molar-refractivity contribution in [3.63, 3.8) is 0 Å². The van der Waals surface area contributed by atoms with E-state index in [4.69, 9.17) is 0 Å². The van der Waals surface area contributed by atoms with E-state index in [0.29, 0.717) is 0 Å². The summed E-state index contributed by atoms with van der Waals surface area (Å²) in [5.41, 5.74) is 0. The zero-order valence-corrected chi connectivity index (χ0v) is 9.18. The van der Waals surface area contributed by atoms with E-state index >= 15 is 0 Å². The van der Waals surface area contributed by atoms with Crippen molar-refractivity contribution in [3.8, 4) is 0 Å². The van der Waals surface area contributed by atoms with Crippen molar-refractivity contribution < 1.29 is 0 Å². The van der Waals surface area contributed by atoms with Crippen molar-refractivity contribution in [1.82, 2.24) is 10.2 Å². The van der Waals surface area contributed by atoms with Crippen molar-refractivity contribution in [2.24, 2.45) is 5.92 Å². The highest BCUT2D eigenvalue weighted by atomic mass is 15.1. The molecule has 0 aromatic carbocycles. The summed E-state index contributed by atoms with van der Waals surface area (Å²) in [6, 6.07) is 0. The van der Waals surface area contributed by atoms with Gasteiger partial charge in [-0.1, -0.05) is 19.3 Å². The average Bonchev–Trinajstić information content (AvgIpc) is 2.14. The van der Waals surface area contributed by atoms with Gasteiger partial charge in [0.05, 0.1) is 0 Å². The fourth-order valence-electron chi connectivity index (χ4n) is 2.00. The number of nitrogens with zero attached hydrogens (tertiary/aromatic N) is 1. The second kappa shape index (κ2) is 6.39. The molecule has 1 saturated carbocycles. The predicted octanol–water partition coefficient (Wildman–Crippen LogP) is 1.72. The monoisotopic (exact) mass is 184 g/mol. The molecule has 0 bridgehead atoms. The smallest absolute Gasteiger partial charge is 0.0101 e. The van der Waals surface area contributed by atoms with E-state index in [9.17, 15) is 0 Å². The van der Waals surface area contributed by atoms with Crippen LogP contribution in [-0.2, 0) is 0 Å². The molecular formula is C11H24N2. The van der Waals surface area contributed by atoms with Crippen LogP contribution in [0.5, 0.6) is 0 Å². The maximum atomic E-state index is 3.54. The number of likely N-dealkylation sites (N-methyl/N-ethyl adjacent to an activating group) is 1. The molecule has 0 spiro atoms. The van der Waals surface area contributed by atoms with Crippen molar-refractivity contribution in [1.29, 1.82) is 0 Å². The molecule has 1 rings (SSSR count). The summed E-state index contributed by atoms with van der Waals surface area (Å²) in [6.45, 7) is 3.55. The van der Waals surface area contributed by atoms with Crippen LogP contribution in [0.1, 0.15) is 32.1 Å². The molecule has 0 heterocycles. The zero-order chi connectivity index (χ0) is 9.52. The molecule has 1 aliphatic rings. The molecule has 2 nitrogen and oxygen atoms in total. The molecule has 1 fully saturated rings. The van der Waals surface area contributed by atoms with Gasteiger partial charge in [0.1, 0.15) is 0 Å². The quantitative estimate of drug-likeness (QED) is 0.654. The van der Waals surface area contributed by atoms with Gasteiger partial charge in [0, 0.05) is 13.1 Å². The number of hydrogen-bond donors (Lipinski definition) is 1. The summed E-state index contributed by atoms with van der Waals surface area (Å²) in [5, 5.41) is 3.54. The minimum atomic E-state index is 0.968. The highest BCUT2D eigenvalue weighted by Crippen LogP contribution is 2.22. The van der Waals surface area contributed by atoms with Gasteiger partial charge in [0.2, 0.25) is 0 Å². The van der Waals surface area contributed by atoms with Crippen LogP contribution in [0, 0.1) is 5.92 Å². The fourth-order valence-corrected chi connectivity index (χ4v) is 2.00. The van der Waals surface area contributed by atoms with Crippen LogP contribution >= 0.6 is 0 Å². The third-order valence-electron chi connectivity index (χ3n) is 2.89. The highest BCUT2D eigenvalue weighted by Gasteiger charge is 2.12. The van der Waals surface area contributed by atoms with E-state index in [1.807, 2.05) is 0 Å². The molecule has 78 valence electrons. The Balaban J connectivity index is 1.92. The van der Waals surface area contributed by atoms with Gasteiger partial charge < -0.3 is 10.2 Å². The molecule has 0 aromatic heterocycles. The summed E-state index contributed by atoms with van der Waals surface area (Å²) < 4.78 is 0. The number of hydrogen-bond acceptors (Lipinski definition) is 2. The Kier molecular flexibility index (Phi) is 5.40. The molecule has 0 aliphatic heterocycles. The van der Waals surface area contributed by atoms with E-state index in [1.54, 1.807) is 0 Å². The molecule has 0 radical (unpaired) electrons. The summed E-state index contributed by atoms with van der Waals surface area (Å²) in [5.74, 6) is 0.968. The minimum absolute atomic E-state index is 0.968. The predicted molar refractivity (Wildman–Crippen MR) is 58.0 cm³/mol. The van der Waals surface area contributed by atoms with E-state index in [2.05, 4.69) is 24.3 Å². The molecule has 2 heteroatoms. The van der Waals surface area contributed by atoms with E-state index in [1.165, 1.54) is 38.6 Å². The summed E-state index contributed by atoms with van der Waals surface area (Å²) in [6.07, 6.45) is 7.29. The molecule has 13 heavy (non-hydrogen) atoms. The molecule has 0 saturated heterocycles. The summed E-state index contributed by atoms with van der Waals surface area (Å²) in [4.78, 5) is 2.23. The highest BCUT2D eigenvalue weighted by molar-refractivity contribution is 4.68. The van der Waals surface area contributed by atoms with Crippen LogP contribution in [-0.4, -0.2) is 38.6 Å². The minimum Gasteiger partial charge on any atom is -0.315 e. The maximum absolute atomic E-state index is 3.54. The normalized spacial score (nSPS) is 19.6. The van der Waals surface area contributed by atoms with E-state index < -0.39 is 0 Å². The maximum Gasteiger partial charge on any atom is 0.0101 e. The second-order valence-corrected chi connectivity index (χ2v) is 4.51. The van der Waals surface area contributed by atoms with Crippen LogP contribution in [0.3, 0.4) is 0 Å². The second-order valence-electron chi connectivity index (χ2n) is 4.51. The van der Waals surface area contributed by atoms with Gasteiger partial charge >= 0.3 is 0 Å². The Morgan fingerprint density at radius 2 is 1.85 bits per heavy atom. The van der Waals surface area contributed by atoms with Crippen molar-refractivity contribution in [3.05, 3.63) is 0 Å². The Morgan fingerprint density at radius 1 is 1.15 bits per heavy atom. The lowest BCUT2D eigenvalue weighted by Crippen LogP contribution is -2.31. The third kappa shape index (κ3) is 5.27. The SMILES string of the molecule is CN(C)CCNCC1CCCCC1. The van der Waals surface area contributed by atoms with Crippen LogP contribution in [0.15, 0.2) is 0 Å². The average molecular weight is 184 g/mol. The first kappa shape index (κ1) is 11.0. The van der Waals surface area contributed by atoms with Crippen LogP contribution in [0.25, 0.3) is 0 Å². The first-order valence-electron chi connectivity index (χ1n) is 5.64. The Hall–Kier alpha value is -0.0800. The summed E-state index contributed by atoms with van der Waals surface area (Å²) >= 11 is 0. The molecule has 1 aliphatic carbocycles. The standard InChI is InChI=1S/C11H24N2/c1-13(2)9-8-12-10-11-6-4-3-5-7-11/h11-12H,3-10H2,1-2H3. The number of nitrogens with one attached hydrogen (secondary N) is 1. The first-order valence-corrected chi connectivity index (χ1v) is 5.64. The van der Waals surface area contributed by atoms with Gasteiger partial charge in [0.15, 0.2) is 0 Å². The van der Waals surface area contributed by atoms with Gasteiger partial charge in [0.25, 0.3) is 0 Å². The van der Waals surface area contributed by atoms with Gasteiger partial charge in [-0.25, -0.2) is 0 Å². The Morgan fingerprint density at radius 3 is 2.46 bits per heavy atom. The van der Waals surface area contributed by atoms with Crippen LogP contribution in [0.4, 0.5) is 0 Å². The number of rotatable bonds is 5.